The minimum atomic E-state index is -0.476. The van der Waals surface area contributed by atoms with E-state index in [1.54, 1.807) is 24.9 Å². The summed E-state index contributed by atoms with van der Waals surface area (Å²) in [5.74, 6) is 1.90. The van der Waals surface area contributed by atoms with E-state index in [1.807, 2.05) is 48.5 Å². The first kappa shape index (κ1) is 21.7. The number of thioether (sulfide) groups is 1. The molecule has 0 aromatic heterocycles. The maximum Gasteiger partial charge on any atom is 0.363 e. The van der Waals surface area contributed by atoms with E-state index in [-0.39, 0.29) is 5.70 Å². The van der Waals surface area contributed by atoms with Crippen molar-refractivity contribution in [2.45, 2.75) is 11.8 Å². The van der Waals surface area contributed by atoms with Gasteiger partial charge >= 0.3 is 5.97 Å². The Morgan fingerprint density at radius 1 is 1.00 bits per heavy atom. The Kier molecular flexibility index (Phi) is 6.92. The first-order chi connectivity index (χ1) is 15.6. The number of rotatable bonds is 8. The summed E-state index contributed by atoms with van der Waals surface area (Å²) < 4.78 is 16.7. The number of nitrogens with zero attached hydrogens (tertiary/aromatic N) is 1. The number of carbonyl (C=O) groups is 1. The van der Waals surface area contributed by atoms with Crippen LogP contribution in [0.15, 0.2) is 88.4 Å². The number of methoxy groups -OCH3 is 1. The van der Waals surface area contributed by atoms with Gasteiger partial charge in [-0.1, -0.05) is 42.0 Å². The minimum Gasteiger partial charge on any atom is -0.493 e. The summed E-state index contributed by atoms with van der Waals surface area (Å²) in [6.07, 6.45) is 1.68. The zero-order valence-corrected chi connectivity index (χ0v) is 18.7. The first-order valence-electron chi connectivity index (χ1n) is 10.2. The van der Waals surface area contributed by atoms with E-state index in [1.165, 1.54) is 10.5 Å². The molecule has 3 aromatic rings. The average molecular weight is 446 g/mol. The number of aliphatic imine (C=N–C) groups is 1. The summed E-state index contributed by atoms with van der Waals surface area (Å²) in [7, 11) is 1.59. The Morgan fingerprint density at radius 3 is 2.53 bits per heavy atom. The number of esters is 1. The zero-order valence-electron chi connectivity index (χ0n) is 17.9. The molecular weight excluding hydrogens is 422 g/mol. The quantitative estimate of drug-likeness (QED) is 0.198. The third-order valence-corrected chi connectivity index (χ3v) is 5.74. The maximum absolute atomic E-state index is 12.2. The molecule has 0 unspecified atom stereocenters. The van der Waals surface area contributed by atoms with Crippen molar-refractivity contribution in [2.24, 2.45) is 4.99 Å². The molecule has 5 nitrogen and oxygen atoms in total. The van der Waals surface area contributed by atoms with Crippen LogP contribution in [0.3, 0.4) is 0 Å². The van der Waals surface area contributed by atoms with Gasteiger partial charge in [-0.3, -0.25) is 0 Å². The highest BCUT2D eigenvalue weighted by Gasteiger charge is 2.24. The molecule has 0 saturated heterocycles. The molecule has 0 radical (unpaired) electrons. The lowest BCUT2D eigenvalue weighted by Crippen LogP contribution is -2.05. The average Bonchev–Trinajstić information content (AvgIpc) is 3.19. The zero-order chi connectivity index (χ0) is 22.3. The van der Waals surface area contributed by atoms with E-state index >= 15 is 0 Å². The van der Waals surface area contributed by atoms with E-state index in [0.717, 1.165) is 16.9 Å². The van der Waals surface area contributed by atoms with Crippen molar-refractivity contribution in [3.8, 4) is 11.5 Å². The van der Waals surface area contributed by atoms with Gasteiger partial charge in [-0.15, -0.1) is 11.8 Å². The molecule has 0 saturated carbocycles. The van der Waals surface area contributed by atoms with Gasteiger partial charge in [0.05, 0.1) is 13.7 Å². The molecule has 162 valence electrons. The van der Waals surface area contributed by atoms with Crippen molar-refractivity contribution in [1.82, 2.24) is 0 Å². The van der Waals surface area contributed by atoms with Crippen molar-refractivity contribution in [3.05, 3.63) is 95.2 Å². The van der Waals surface area contributed by atoms with Crippen LogP contribution >= 0.6 is 11.8 Å². The summed E-state index contributed by atoms with van der Waals surface area (Å²) >= 11 is 1.74. The molecule has 1 aliphatic rings. The van der Waals surface area contributed by atoms with E-state index in [4.69, 9.17) is 14.2 Å². The highest BCUT2D eigenvalue weighted by molar-refractivity contribution is 7.99. The molecule has 4 rings (SSSR count). The fourth-order valence-electron chi connectivity index (χ4n) is 3.11. The lowest BCUT2D eigenvalue weighted by Gasteiger charge is -2.11. The smallest absolute Gasteiger partial charge is 0.363 e. The Bertz CT molecular complexity index is 1150. The van der Waals surface area contributed by atoms with Crippen LogP contribution in [0, 0.1) is 6.92 Å². The second-order valence-electron chi connectivity index (χ2n) is 7.12. The van der Waals surface area contributed by atoms with Crippen molar-refractivity contribution in [2.75, 3.05) is 19.5 Å². The van der Waals surface area contributed by atoms with Gasteiger partial charge in [-0.2, -0.15) is 0 Å². The highest BCUT2D eigenvalue weighted by atomic mass is 32.2. The van der Waals surface area contributed by atoms with Crippen LogP contribution in [0.5, 0.6) is 11.5 Å². The number of carbonyl (C=O) groups excluding carboxylic acids is 1. The monoisotopic (exact) mass is 445 g/mol. The van der Waals surface area contributed by atoms with Gasteiger partial charge in [0.2, 0.25) is 5.90 Å². The van der Waals surface area contributed by atoms with Crippen LogP contribution < -0.4 is 9.47 Å². The third kappa shape index (κ3) is 5.39. The Labute approximate surface area is 191 Å². The van der Waals surface area contributed by atoms with Crippen LogP contribution in [0.25, 0.3) is 6.08 Å². The molecule has 1 aliphatic heterocycles. The predicted molar refractivity (Wildman–Crippen MR) is 127 cm³/mol. The highest BCUT2D eigenvalue weighted by Crippen LogP contribution is 2.30. The van der Waals surface area contributed by atoms with Gasteiger partial charge in [-0.05, 0) is 55.0 Å². The van der Waals surface area contributed by atoms with Crippen LogP contribution in [0.1, 0.15) is 16.7 Å². The predicted octanol–water partition coefficient (Wildman–Crippen LogP) is 5.52. The van der Waals surface area contributed by atoms with Crippen molar-refractivity contribution in [3.63, 3.8) is 0 Å². The minimum absolute atomic E-state index is 0.245. The van der Waals surface area contributed by atoms with E-state index in [0.29, 0.717) is 24.0 Å². The van der Waals surface area contributed by atoms with Crippen molar-refractivity contribution in [1.29, 1.82) is 0 Å². The Hall–Kier alpha value is -3.51. The summed E-state index contributed by atoms with van der Waals surface area (Å²) in [6.45, 7) is 2.63. The third-order valence-electron chi connectivity index (χ3n) is 4.76. The Morgan fingerprint density at radius 2 is 1.78 bits per heavy atom. The van der Waals surface area contributed by atoms with Crippen LogP contribution in [-0.2, 0) is 9.53 Å². The number of benzene rings is 3. The van der Waals surface area contributed by atoms with Gasteiger partial charge in [-0.25, -0.2) is 9.79 Å². The van der Waals surface area contributed by atoms with Crippen LogP contribution in [0.2, 0.25) is 0 Å². The van der Waals surface area contributed by atoms with E-state index in [9.17, 15) is 4.79 Å². The van der Waals surface area contributed by atoms with Gasteiger partial charge in [0.25, 0.3) is 0 Å². The molecule has 1 heterocycles. The fourth-order valence-corrected chi connectivity index (χ4v) is 3.84. The fraction of sp³-hybridized carbons (Fsp3) is 0.154. The summed E-state index contributed by atoms with van der Waals surface area (Å²) in [5, 5.41) is 0. The van der Waals surface area contributed by atoms with Gasteiger partial charge in [0.15, 0.2) is 17.2 Å². The van der Waals surface area contributed by atoms with Gasteiger partial charge in [0, 0.05) is 16.2 Å². The van der Waals surface area contributed by atoms with Crippen molar-refractivity contribution >= 4 is 29.7 Å². The molecular formula is C26H23NO4S. The second kappa shape index (κ2) is 10.2. The molecule has 0 amide bonds. The summed E-state index contributed by atoms with van der Waals surface area (Å²) in [6, 6.07) is 23.3. The molecule has 0 spiro atoms. The topological polar surface area (TPSA) is 57.1 Å². The molecule has 3 aromatic carbocycles. The largest absolute Gasteiger partial charge is 0.493 e. The lowest BCUT2D eigenvalue weighted by molar-refractivity contribution is -0.129. The SMILES string of the molecule is COc1cc(/C=C2\N=C(c3ccccc3)OC2=O)ccc1OCCSc1ccc(C)cc1. The van der Waals surface area contributed by atoms with E-state index < -0.39 is 5.97 Å². The second-order valence-corrected chi connectivity index (χ2v) is 8.29. The molecule has 32 heavy (non-hydrogen) atoms. The van der Waals surface area contributed by atoms with Crippen molar-refractivity contribution < 1.29 is 19.0 Å². The molecule has 0 atom stereocenters. The summed E-state index contributed by atoms with van der Waals surface area (Å²) in [4.78, 5) is 17.8. The lowest BCUT2D eigenvalue weighted by atomic mass is 10.1. The molecule has 0 aliphatic carbocycles. The maximum atomic E-state index is 12.2. The number of cyclic esters (lactones) is 1. The standard InChI is InChI=1S/C26H23NO4S/c1-18-8-11-21(12-9-18)32-15-14-30-23-13-10-19(17-24(23)29-2)16-22-26(28)31-25(27-22)20-6-4-3-5-7-20/h3-13,16-17H,14-15H2,1-2H3/b22-16-. The van der Waals surface area contributed by atoms with Gasteiger partial charge in [0.1, 0.15) is 0 Å². The summed E-state index contributed by atoms with van der Waals surface area (Å²) in [5.41, 5.74) is 3.02. The van der Waals surface area contributed by atoms with Gasteiger partial charge < -0.3 is 14.2 Å². The molecule has 6 heteroatoms. The Balaban J connectivity index is 1.41. The molecule has 0 N–H and O–H groups in total. The number of hydrogen-bond acceptors (Lipinski definition) is 6. The molecule has 0 bridgehead atoms. The first-order valence-corrected chi connectivity index (χ1v) is 11.2. The van der Waals surface area contributed by atoms with Crippen LogP contribution in [-0.4, -0.2) is 31.3 Å². The van der Waals surface area contributed by atoms with Crippen LogP contribution in [0.4, 0.5) is 0 Å². The number of hydrogen-bond donors (Lipinski definition) is 0. The number of ether oxygens (including phenoxy) is 3. The van der Waals surface area contributed by atoms with E-state index in [2.05, 4.69) is 36.2 Å². The molecule has 0 fully saturated rings. The normalized spacial score (nSPS) is 14.2. The number of aryl methyl sites for hydroxylation is 1.